The molecule has 1 fully saturated rings. The zero-order valence-electron chi connectivity index (χ0n) is 18.7. The number of hydrogen-bond acceptors (Lipinski definition) is 4. The summed E-state index contributed by atoms with van der Waals surface area (Å²) in [6, 6.07) is 0. The monoisotopic (exact) mass is 396 g/mol. The summed E-state index contributed by atoms with van der Waals surface area (Å²) >= 11 is 0. The van der Waals surface area contributed by atoms with E-state index in [1.54, 1.807) is 0 Å². The summed E-state index contributed by atoms with van der Waals surface area (Å²) in [5.74, 6) is 0.138. The summed E-state index contributed by atoms with van der Waals surface area (Å²) in [5.41, 5.74) is 0. The summed E-state index contributed by atoms with van der Waals surface area (Å²) in [7, 11) is 0. The molecule has 0 radical (unpaired) electrons. The van der Waals surface area contributed by atoms with Crippen molar-refractivity contribution < 1.29 is 19.1 Å². The van der Waals surface area contributed by atoms with Crippen molar-refractivity contribution in [1.82, 2.24) is 0 Å². The SMILES string of the molecule is CCCCCCCCCCCCOC(=O)C1CCC(C(=O)OCC(C)C)CC1. The van der Waals surface area contributed by atoms with Gasteiger partial charge in [-0.05, 0) is 38.0 Å². The first-order chi connectivity index (χ1) is 13.5. The highest BCUT2D eigenvalue weighted by atomic mass is 16.5. The van der Waals surface area contributed by atoms with E-state index in [4.69, 9.17) is 9.47 Å². The van der Waals surface area contributed by atoms with Crippen LogP contribution in [0.25, 0.3) is 0 Å². The maximum atomic E-state index is 12.2. The van der Waals surface area contributed by atoms with Gasteiger partial charge >= 0.3 is 11.9 Å². The van der Waals surface area contributed by atoms with Crippen molar-refractivity contribution in [3.63, 3.8) is 0 Å². The van der Waals surface area contributed by atoms with Crippen LogP contribution in [0.3, 0.4) is 0 Å². The van der Waals surface area contributed by atoms with E-state index in [2.05, 4.69) is 6.92 Å². The molecule has 164 valence electrons. The van der Waals surface area contributed by atoms with Crippen LogP contribution in [0.15, 0.2) is 0 Å². The molecule has 0 aliphatic heterocycles. The van der Waals surface area contributed by atoms with Crippen LogP contribution in [0.1, 0.15) is 111 Å². The first kappa shape index (κ1) is 25.0. The fraction of sp³-hybridized carbons (Fsp3) is 0.917. The fourth-order valence-corrected chi connectivity index (χ4v) is 3.81. The largest absolute Gasteiger partial charge is 0.465 e. The lowest BCUT2D eigenvalue weighted by Crippen LogP contribution is -2.29. The molecule has 0 N–H and O–H groups in total. The van der Waals surface area contributed by atoms with E-state index in [1.165, 1.54) is 51.4 Å². The second-order valence-corrected chi connectivity index (χ2v) is 8.92. The van der Waals surface area contributed by atoms with E-state index in [0.29, 0.717) is 19.1 Å². The predicted molar refractivity (Wildman–Crippen MR) is 114 cm³/mol. The number of esters is 2. The summed E-state index contributed by atoms with van der Waals surface area (Å²) in [5, 5.41) is 0. The molecule has 0 heterocycles. The first-order valence-corrected chi connectivity index (χ1v) is 11.9. The van der Waals surface area contributed by atoms with Crippen LogP contribution >= 0.6 is 0 Å². The van der Waals surface area contributed by atoms with Crippen LogP contribution in [0.5, 0.6) is 0 Å². The third-order valence-electron chi connectivity index (χ3n) is 5.69. The summed E-state index contributed by atoms with van der Waals surface area (Å²) in [6.07, 6.45) is 15.8. The average molecular weight is 397 g/mol. The molecule has 0 unspecified atom stereocenters. The Bertz CT molecular complexity index is 411. The van der Waals surface area contributed by atoms with E-state index < -0.39 is 0 Å². The zero-order valence-corrected chi connectivity index (χ0v) is 18.7. The van der Waals surface area contributed by atoms with Crippen molar-refractivity contribution in [3.8, 4) is 0 Å². The van der Waals surface area contributed by atoms with Gasteiger partial charge in [0.1, 0.15) is 0 Å². The molecule has 0 amide bonds. The van der Waals surface area contributed by atoms with Crippen molar-refractivity contribution in [2.45, 2.75) is 111 Å². The Hall–Kier alpha value is -1.06. The molecule has 0 aromatic heterocycles. The highest BCUT2D eigenvalue weighted by Crippen LogP contribution is 2.30. The standard InChI is InChI=1S/C24H44O4/c1-4-5-6-7-8-9-10-11-12-13-18-27-23(25)21-14-16-22(17-15-21)24(26)28-19-20(2)3/h20-22H,4-19H2,1-3H3. The molecule has 0 saturated heterocycles. The molecule has 1 rings (SSSR count). The number of hydrogen-bond donors (Lipinski definition) is 0. The van der Waals surface area contributed by atoms with Crippen LogP contribution in [0.4, 0.5) is 0 Å². The van der Waals surface area contributed by atoms with E-state index in [0.717, 1.165) is 38.5 Å². The van der Waals surface area contributed by atoms with Gasteiger partial charge in [-0.3, -0.25) is 9.59 Å². The van der Waals surface area contributed by atoms with Crippen LogP contribution in [-0.4, -0.2) is 25.2 Å². The van der Waals surface area contributed by atoms with Gasteiger partial charge in [0.05, 0.1) is 25.0 Å². The number of carbonyl (C=O) groups is 2. The number of unbranched alkanes of at least 4 members (excludes halogenated alkanes) is 9. The Morgan fingerprint density at radius 1 is 0.714 bits per heavy atom. The first-order valence-electron chi connectivity index (χ1n) is 11.9. The van der Waals surface area contributed by atoms with Gasteiger partial charge in [0, 0.05) is 0 Å². The molecule has 0 bridgehead atoms. The van der Waals surface area contributed by atoms with Crippen molar-refractivity contribution in [2.75, 3.05) is 13.2 Å². The number of ether oxygens (including phenoxy) is 2. The summed E-state index contributed by atoms with van der Waals surface area (Å²) < 4.78 is 10.8. The van der Waals surface area contributed by atoms with Crippen LogP contribution in [0, 0.1) is 17.8 Å². The van der Waals surface area contributed by atoms with Crippen molar-refractivity contribution in [1.29, 1.82) is 0 Å². The van der Waals surface area contributed by atoms with Gasteiger partial charge in [0.2, 0.25) is 0 Å². The smallest absolute Gasteiger partial charge is 0.308 e. The average Bonchev–Trinajstić information content (AvgIpc) is 2.70. The molecule has 4 nitrogen and oxygen atoms in total. The van der Waals surface area contributed by atoms with E-state index >= 15 is 0 Å². The number of rotatable bonds is 15. The zero-order chi connectivity index (χ0) is 20.6. The molecular formula is C24H44O4. The Kier molecular flexibility index (Phi) is 14.1. The van der Waals surface area contributed by atoms with E-state index in [-0.39, 0.29) is 23.8 Å². The second-order valence-electron chi connectivity index (χ2n) is 8.92. The third-order valence-corrected chi connectivity index (χ3v) is 5.69. The molecule has 0 aromatic carbocycles. The molecule has 1 aliphatic rings. The molecule has 28 heavy (non-hydrogen) atoms. The molecule has 0 spiro atoms. The van der Waals surface area contributed by atoms with E-state index in [1.807, 2.05) is 13.8 Å². The van der Waals surface area contributed by atoms with Gasteiger partial charge in [0.15, 0.2) is 0 Å². The highest BCUT2D eigenvalue weighted by molar-refractivity contribution is 5.75. The Morgan fingerprint density at radius 3 is 1.61 bits per heavy atom. The second kappa shape index (κ2) is 15.8. The molecule has 4 heteroatoms. The van der Waals surface area contributed by atoms with Crippen LogP contribution < -0.4 is 0 Å². The van der Waals surface area contributed by atoms with Gasteiger partial charge in [0.25, 0.3) is 0 Å². The van der Waals surface area contributed by atoms with Gasteiger partial charge in [-0.15, -0.1) is 0 Å². The normalized spacial score (nSPS) is 19.6. The minimum Gasteiger partial charge on any atom is -0.465 e. The van der Waals surface area contributed by atoms with E-state index in [9.17, 15) is 9.59 Å². The highest BCUT2D eigenvalue weighted by Gasteiger charge is 2.31. The van der Waals surface area contributed by atoms with Crippen LogP contribution in [0.2, 0.25) is 0 Å². The lowest BCUT2D eigenvalue weighted by atomic mass is 9.82. The third kappa shape index (κ3) is 11.7. The minimum absolute atomic E-state index is 0.0303. The Morgan fingerprint density at radius 2 is 1.14 bits per heavy atom. The van der Waals surface area contributed by atoms with Crippen LogP contribution in [-0.2, 0) is 19.1 Å². The molecule has 1 saturated carbocycles. The quantitative estimate of drug-likeness (QED) is 0.235. The predicted octanol–water partition coefficient (Wildman–Crippen LogP) is 6.46. The molecule has 0 aromatic rings. The van der Waals surface area contributed by atoms with Crippen molar-refractivity contribution >= 4 is 11.9 Å². The molecule has 0 atom stereocenters. The lowest BCUT2D eigenvalue weighted by Gasteiger charge is -2.26. The maximum Gasteiger partial charge on any atom is 0.308 e. The number of carbonyl (C=O) groups excluding carboxylic acids is 2. The van der Waals surface area contributed by atoms with Gasteiger partial charge < -0.3 is 9.47 Å². The van der Waals surface area contributed by atoms with Gasteiger partial charge in [-0.1, -0.05) is 78.6 Å². The van der Waals surface area contributed by atoms with Gasteiger partial charge in [-0.2, -0.15) is 0 Å². The maximum absolute atomic E-state index is 12.2. The summed E-state index contributed by atoms with van der Waals surface area (Å²) in [6.45, 7) is 7.36. The molecular weight excluding hydrogens is 352 g/mol. The van der Waals surface area contributed by atoms with Crippen molar-refractivity contribution in [2.24, 2.45) is 17.8 Å². The lowest BCUT2D eigenvalue weighted by molar-refractivity contribution is -0.155. The Labute approximate surface area is 173 Å². The Balaban J connectivity index is 1.99. The fourth-order valence-electron chi connectivity index (χ4n) is 3.81. The topological polar surface area (TPSA) is 52.6 Å². The molecule has 1 aliphatic carbocycles. The van der Waals surface area contributed by atoms with Gasteiger partial charge in [-0.25, -0.2) is 0 Å². The summed E-state index contributed by atoms with van der Waals surface area (Å²) in [4.78, 5) is 24.2. The van der Waals surface area contributed by atoms with Crippen molar-refractivity contribution in [3.05, 3.63) is 0 Å². The minimum atomic E-state index is -0.0918.